The molecular formula is C15H22NO4P. The van der Waals surface area contributed by atoms with Gasteiger partial charge in [0.2, 0.25) is 5.91 Å². The second kappa shape index (κ2) is 7.55. The fourth-order valence-electron chi connectivity index (χ4n) is 1.93. The van der Waals surface area contributed by atoms with Crippen LogP contribution in [-0.4, -0.2) is 42.1 Å². The summed E-state index contributed by atoms with van der Waals surface area (Å²) < 4.78 is 17.2. The molecule has 2 atom stereocenters. The molecule has 0 heterocycles. The lowest BCUT2D eigenvalue weighted by molar-refractivity contribution is -0.128. The molecule has 1 aromatic rings. The first-order valence-electron chi connectivity index (χ1n) is 6.71. The average molecular weight is 311 g/mol. The first-order chi connectivity index (χ1) is 9.81. The van der Waals surface area contributed by atoms with Gasteiger partial charge in [0.1, 0.15) is 5.66 Å². The highest BCUT2D eigenvalue weighted by Crippen LogP contribution is 2.49. The summed E-state index contributed by atoms with van der Waals surface area (Å²) in [5.41, 5.74) is 0.656. The Morgan fingerprint density at radius 1 is 1.43 bits per heavy atom. The van der Waals surface area contributed by atoms with Crippen LogP contribution in [0.25, 0.3) is 6.08 Å². The topological polar surface area (TPSA) is 66.8 Å². The summed E-state index contributed by atoms with van der Waals surface area (Å²) in [6.07, 6.45) is 1.87. The number of nitrogens with zero attached hydrogens (tertiary/aromatic N) is 1. The van der Waals surface area contributed by atoms with E-state index in [1.165, 1.54) is 4.90 Å². The molecule has 0 fully saturated rings. The summed E-state index contributed by atoms with van der Waals surface area (Å²) >= 11 is 0. The lowest BCUT2D eigenvalue weighted by Gasteiger charge is -2.24. The Hall–Kier alpha value is -1.42. The van der Waals surface area contributed by atoms with Crippen LogP contribution in [0.4, 0.5) is 0 Å². The molecule has 0 bridgehead atoms. The van der Waals surface area contributed by atoms with Crippen molar-refractivity contribution in [1.82, 2.24) is 4.90 Å². The Kier molecular flexibility index (Phi) is 6.34. The summed E-state index contributed by atoms with van der Waals surface area (Å²) in [5, 5.41) is 0. The summed E-state index contributed by atoms with van der Waals surface area (Å²) in [5.74, 6) is -0.415. The first kappa shape index (κ1) is 17.6. The highest BCUT2D eigenvalue weighted by atomic mass is 31.2. The minimum Gasteiger partial charge on any atom is -0.348 e. The van der Waals surface area contributed by atoms with Crippen LogP contribution in [0.3, 0.4) is 0 Å². The zero-order chi connectivity index (χ0) is 16.0. The van der Waals surface area contributed by atoms with Gasteiger partial charge >= 0.3 is 7.60 Å². The second-order valence-corrected chi connectivity index (χ2v) is 6.89. The van der Waals surface area contributed by atoms with E-state index in [0.717, 1.165) is 11.1 Å². The Morgan fingerprint density at radius 3 is 2.43 bits per heavy atom. The van der Waals surface area contributed by atoms with Crippen LogP contribution in [0.1, 0.15) is 18.1 Å². The van der Waals surface area contributed by atoms with Crippen molar-refractivity contribution in [3.05, 3.63) is 42.0 Å². The van der Waals surface area contributed by atoms with Crippen molar-refractivity contribution >= 4 is 19.6 Å². The normalized spacial score (nSPS) is 15.0. The molecule has 0 saturated carbocycles. The van der Waals surface area contributed by atoms with Gasteiger partial charge in [0.05, 0.1) is 6.61 Å². The molecule has 6 heteroatoms. The molecule has 1 rings (SSSR count). The largest absolute Gasteiger partial charge is 0.348 e. The van der Waals surface area contributed by atoms with Crippen molar-refractivity contribution < 1.29 is 18.8 Å². The van der Waals surface area contributed by atoms with Crippen LogP contribution in [-0.2, 0) is 20.3 Å². The van der Waals surface area contributed by atoms with E-state index >= 15 is 0 Å². The highest BCUT2D eigenvalue weighted by Gasteiger charge is 2.39. The quantitative estimate of drug-likeness (QED) is 0.786. The molecular weight excluding hydrogens is 289 g/mol. The first-order valence-corrected chi connectivity index (χ1v) is 8.36. The standard InChI is InChI=1S/C15H22NO4P/c1-5-12-7-9-13(10-8-12)11-14(15(17)16(3)4)21(18,19)20-6-2/h5,7-10,14H,1,6,11H2,2-4H3,(H,18,19). The maximum Gasteiger partial charge on any atom is 0.340 e. The summed E-state index contributed by atoms with van der Waals surface area (Å²) in [6.45, 7) is 5.38. The van der Waals surface area contributed by atoms with Crippen LogP contribution < -0.4 is 0 Å². The molecule has 0 aliphatic rings. The molecule has 0 radical (unpaired) electrons. The van der Waals surface area contributed by atoms with Crippen molar-refractivity contribution in [2.45, 2.75) is 19.0 Å². The maximum absolute atomic E-state index is 12.3. The lowest BCUT2D eigenvalue weighted by Crippen LogP contribution is -2.35. The molecule has 21 heavy (non-hydrogen) atoms. The van der Waals surface area contributed by atoms with Crippen molar-refractivity contribution in [1.29, 1.82) is 0 Å². The van der Waals surface area contributed by atoms with Gasteiger partial charge < -0.3 is 14.3 Å². The Labute approximate surface area is 125 Å². The monoisotopic (exact) mass is 311 g/mol. The number of hydrogen-bond donors (Lipinski definition) is 1. The maximum atomic E-state index is 12.3. The Balaban J connectivity index is 3.03. The van der Waals surface area contributed by atoms with Gasteiger partial charge in [-0.15, -0.1) is 0 Å². The van der Waals surface area contributed by atoms with Crippen LogP contribution in [0.2, 0.25) is 0 Å². The number of carbonyl (C=O) groups excluding carboxylic acids is 1. The molecule has 2 unspecified atom stereocenters. The number of rotatable bonds is 7. The van der Waals surface area contributed by atoms with Gasteiger partial charge in [-0.1, -0.05) is 36.9 Å². The zero-order valence-electron chi connectivity index (χ0n) is 12.7. The van der Waals surface area contributed by atoms with Gasteiger partial charge in [-0.3, -0.25) is 9.36 Å². The number of benzene rings is 1. The third-order valence-electron chi connectivity index (χ3n) is 3.08. The van der Waals surface area contributed by atoms with Gasteiger partial charge in [-0.05, 0) is 24.5 Å². The van der Waals surface area contributed by atoms with E-state index < -0.39 is 19.2 Å². The Morgan fingerprint density at radius 2 is 2.00 bits per heavy atom. The molecule has 0 aliphatic heterocycles. The fourth-order valence-corrected chi connectivity index (χ4v) is 3.43. The molecule has 0 saturated heterocycles. The van der Waals surface area contributed by atoms with E-state index in [0.29, 0.717) is 0 Å². The minimum absolute atomic E-state index is 0.0837. The number of amides is 1. The minimum atomic E-state index is -4.01. The van der Waals surface area contributed by atoms with Crippen molar-refractivity contribution in [2.24, 2.45) is 0 Å². The van der Waals surface area contributed by atoms with Crippen LogP contribution in [0, 0.1) is 0 Å². The number of hydrogen-bond acceptors (Lipinski definition) is 3. The molecule has 0 aliphatic carbocycles. The predicted molar refractivity (Wildman–Crippen MR) is 84.2 cm³/mol. The van der Waals surface area contributed by atoms with E-state index in [2.05, 4.69) is 6.58 Å². The third kappa shape index (κ3) is 4.81. The fraction of sp³-hybridized carbons (Fsp3) is 0.400. The van der Waals surface area contributed by atoms with Crippen molar-refractivity contribution in [3.63, 3.8) is 0 Å². The SMILES string of the molecule is C=Cc1ccc(CC(C(=O)N(C)C)P(=O)(O)OCC)cc1. The van der Waals surface area contributed by atoms with E-state index in [1.54, 1.807) is 27.1 Å². The van der Waals surface area contributed by atoms with Gasteiger partial charge in [0.25, 0.3) is 0 Å². The van der Waals surface area contributed by atoms with Gasteiger partial charge in [-0.25, -0.2) is 0 Å². The lowest BCUT2D eigenvalue weighted by atomic mass is 10.1. The molecule has 116 valence electrons. The van der Waals surface area contributed by atoms with Crippen LogP contribution in [0.15, 0.2) is 30.8 Å². The summed E-state index contributed by atoms with van der Waals surface area (Å²) in [6, 6.07) is 7.34. The van der Waals surface area contributed by atoms with Gasteiger partial charge in [0, 0.05) is 14.1 Å². The highest BCUT2D eigenvalue weighted by molar-refractivity contribution is 7.54. The average Bonchev–Trinajstić information content (AvgIpc) is 2.44. The molecule has 5 nitrogen and oxygen atoms in total. The molecule has 0 aromatic heterocycles. The molecule has 1 N–H and O–H groups in total. The van der Waals surface area contributed by atoms with Crippen LogP contribution >= 0.6 is 7.60 Å². The van der Waals surface area contributed by atoms with Crippen LogP contribution in [0.5, 0.6) is 0 Å². The van der Waals surface area contributed by atoms with Gasteiger partial charge in [0.15, 0.2) is 0 Å². The zero-order valence-corrected chi connectivity index (χ0v) is 13.5. The number of carbonyl (C=O) groups is 1. The smallest absolute Gasteiger partial charge is 0.340 e. The summed E-state index contributed by atoms with van der Waals surface area (Å²) in [4.78, 5) is 23.5. The van der Waals surface area contributed by atoms with Crippen molar-refractivity contribution in [3.8, 4) is 0 Å². The van der Waals surface area contributed by atoms with Crippen molar-refractivity contribution in [2.75, 3.05) is 20.7 Å². The molecule has 1 amide bonds. The molecule has 0 spiro atoms. The summed E-state index contributed by atoms with van der Waals surface area (Å²) in [7, 11) is -0.893. The Bertz CT molecular complexity index is 539. The van der Waals surface area contributed by atoms with E-state index in [9.17, 15) is 14.3 Å². The van der Waals surface area contributed by atoms with Gasteiger partial charge in [-0.2, -0.15) is 0 Å². The molecule has 1 aromatic carbocycles. The second-order valence-electron chi connectivity index (χ2n) is 4.88. The van der Waals surface area contributed by atoms with E-state index in [4.69, 9.17) is 4.52 Å². The predicted octanol–water partition coefficient (Wildman–Crippen LogP) is 2.55. The van der Waals surface area contributed by atoms with E-state index in [1.807, 2.05) is 24.3 Å². The third-order valence-corrected chi connectivity index (χ3v) is 4.90. The van der Waals surface area contributed by atoms with E-state index in [-0.39, 0.29) is 13.0 Å².